The van der Waals surface area contributed by atoms with Crippen LogP contribution in [0.3, 0.4) is 0 Å². The fourth-order valence-corrected chi connectivity index (χ4v) is 2.04. The Morgan fingerprint density at radius 1 is 1.56 bits per heavy atom. The zero-order chi connectivity index (χ0) is 13.4. The van der Waals surface area contributed by atoms with Crippen LogP contribution in [-0.2, 0) is 4.79 Å². The first-order chi connectivity index (χ1) is 8.67. The molecule has 1 aliphatic carbocycles. The molecular weight excluding hydrogens is 222 g/mol. The molecule has 0 saturated heterocycles. The Morgan fingerprint density at radius 3 is 2.83 bits per heavy atom. The van der Waals surface area contributed by atoms with Crippen LogP contribution in [0.2, 0.25) is 0 Å². The number of rotatable bonds is 6. The summed E-state index contributed by atoms with van der Waals surface area (Å²) in [6.07, 6.45) is 13.0. The minimum Gasteiger partial charge on any atom is -0.295 e. The summed E-state index contributed by atoms with van der Waals surface area (Å²) in [5.74, 6) is 0.442. The van der Waals surface area contributed by atoms with E-state index in [-0.39, 0.29) is 11.7 Å². The number of hydrogen-bond donors (Lipinski definition) is 0. The fraction of sp³-hybridized carbons (Fsp3) is 0.500. The van der Waals surface area contributed by atoms with E-state index in [9.17, 15) is 4.79 Å². The lowest BCUT2D eigenvalue weighted by molar-refractivity contribution is -0.113. The average Bonchev–Trinajstić information content (AvgIpc) is 2.38. The Kier molecular flexibility index (Phi) is 6.14. The highest BCUT2D eigenvalue weighted by atomic mass is 16.1. The summed E-state index contributed by atoms with van der Waals surface area (Å²) in [7, 11) is 0. The number of carbonyl (C=O) groups excluding carboxylic acids is 1. The summed E-state index contributed by atoms with van der Waals surface area (Å²) < 4.78 is 0. The van der Waals surface area contributed by atoms with Crippen LogP contribution in [0.25, 0.3) is 0 Å². The third-order valence-electron chi connectivity index (χ3n) is 3.18. The smallest absolute Gasteiger partial charge is 0.155 e. The van der Waals surface area contributed by atoms with Gasteiger partial charge in [-0.1, -0.05) is 38.0 Å². The van der Waals surface area contributed by atoms with Gasteiger partial charge in [0, 0.05) is 5.57 Å². The first kappa shape index (κ1) is 14.4. The summed E-state index contributed by atoms with van der Waals surface area (Å²) in [6, 6.07) is 2.13. The second-order valence-electron chi connectivity index (χ2n) is 4.74. The van der Waals surface area contributed by atoms with E-state index in [1.165, 1.54) is 12.8 Å². The van der Waals surface area contributed by atoms with E-state index in [4.69, 9.17) is 5.26 Å². The molecule has 2 heteroatoms. The molecule has 0 spiro atoms. The summed E-state index contributed by atoms with van der Waals surface area (Å²) >= 11 is 0. The highest BCUT2D eigenvalue weighted by Gasteiger charge is 2.10. The molecule has 0 aliphatic heterocycles. The lowest BCUT2D eigenvalue weighted by atomic mass is 9.92. The first-order valence-corrected chi connectivity index (χ1v) is 6.67. The maximum absolute atomic E-state index is 11.6. The van der Waals surface area contributed by atoms with E-state index < -0.39 is 0 Å². The van der Waals surface area contributed by atoms with Crippen molar-refractivity contribution in [1.29, 1.82) is 5.26 Å². The third-order valence-corrected chi connectivity index (χ3v) is 3.18. The van der Waals surface area contributed by atoms with Crippen molar-refractivity contribution in [2.75, 3.05) is 0 Å². The number of hydrogen-bond acceptors (Lipinski definition) is 2. The van der Waals surface area contributed by atoms with Crippen molar-refractivity contribution in [3.05, 3.63) is 35.5 Å². The molecule has 1 atom stereocenters. The average molecular weight is 243 g/mol. The van der Waals surface area contributed by atoms with Crippen molar-refractivity contribution in [3.63, 3.8) is 0 Å². The van der Waals surface area contributed by atoms with Crippen molar-refractivity contribution in [2.45, 2.75) is 46.0 Å². The third kappa shape index (κ3) is 4.71. The maximum Gasteiger partial charge on any atom is 0.155 e. The van der Waals surface area contributed by atoms with Gasteiger partial charge < -0.3 is 0 Å². The van der Waals surface area contributed by atoms with Crippen molar-refractivity contribution >= 4 is 5.78 Å². The van der Waals surface area contributed by atoms with E-state index in [0.717, 1.165) is 30.4 Å². The topological polar surface area (TPSA) is 40.9 Å². The Morgan fingerprint density at radius 2 is 2.33 bits per heavy atom. The highest BCUT2D eigenvalue weighted by Crippen LogP contribution is 2.21. The van der Waals surface area contributed by atoms with Gasteiger partial charge in [-0.25, -0.2) is 0 Å². The van der Waals surface area contributed by atoms with Gasteiger partial charge in [0.25, 0.3) is 0 Å². The van der Waals surface area contributed by atoms with Crippen molar-refractivity contribution < 1.29 is 4.79 Å². The van der Waals surface area contributed by atoms with Crippen LogP contribution in [0.5, 0.6) is 0 Å². The molecule has 0 N–H and O–H groups in total. The van der Waals surface area contributed by atoms with Crippen LogP contribution in [-0.4, -0.2) is 5.78 Å². The molecule has 0 radical (unpaired) electrons. The predicted octanol–water partition coefficient (Wildman–Crippen LogP) is 4.11. The molecule has 1 rings (SSSR count). The molecule has 0 fully saturated rings. The minimum atomic E-state index is 0.176. The predicted molar refractivity (Wildman–Crippen MR) is 73.8 cm³/mol. The number of carbonyl (C=O) groups is 1. The molecule has 96 valence electrons. The Bertz CT molecular complexity index is 421. The number of nitriles is 1. The van der Waals surface area contributed by atoms with Gasteiger partial charge in [0.05, 0.1) is 6.07 Å². The second kappa shape index (κ2) is 7.66. The van der Waals surface area contributed by atoms with E-state index in [2.05, 4.69) is 19.1 Å². The molecule has 2 nitrogen and oxygen atoms in total. The normalized spacial score (nSPS) is 19.3. The van der Waals surface area contributed by atoms with Crippen LogP contribution in [0, 0.1) is 17.2 Å². The largest absolute Gasteiger partial charge is 0.295 e. The van der Waals surface area contributed by atoms with Crippen molar-refractivity contribution in [2.24, 2.45) is 5.92 Å². The Hall–Kier alpha value is -1.62. The first-order valence-electron chi connectivity index (χ1n) is 6.67. The molecule has 0 aromatic carbocycles. The molecule has 0 aromatic rings. The zero-order valence-corrected chi connectivity index (χ0v) is 11.3. The van der Waals surface area contributed by atoms with Crippen LogP contribution in [0.4, 0.5) is 0 Å². The van der Waals surface area contributed by atoms with Gasteiger partial charge in [0.1, 0.15) is 0 Å². The quantitative estimate of drug-likeness (QED) is 0.520. The summed E-state index contributed by atoms with van der Waals surface area (Å²) in [4.78, 5) is 11.6. The van der Waals surface area contributed by atoms with Gasteiger partial charge in [0.2, 0.25) is 0 Å². The SMILES string of the molecule is CCCCC/C(=C\C1C=CC(C#N)=CC1)C(C)=O. The van der Waals surface area contributed by atoms with E-state index >= 15 is 0 Å². The van der Waals surface area contributed by atoms with Gasteiger partial charge in [0.15, 0.2) is 5.78 Å². The summed E-state index contributed by atoms with van der Waals surface area (Å²) in [6.45, 7) is 3.80. The highest BCUT2D eigenvalue weighted by molar-refractivity contribution is 5.93. The number of allylic oxidation sites excluding steroid dienone is 6. The van der Waals surface area contributed by atoms with Gasteiger partial charge >= 0.3 is 0 Å². The Balaban J connectivity index is 2.62. The number of ketones is 1. The van der Waals surface area contributed by atoms with Crippen LogP contribution < -0.4 is 0 Å². The van der Waals surface area contributed by atoms with Crippen molar-refractivity contribution in [3.8, 4) is 6.07 Å². The molecular formula is C16H21NO. The van der Waals surface area contributed by atoms with E-state index in [1.807, 2.05) is 18.2 Å². The molecule has 0 aromatic heterocycles. The van der Waals surface area contributed by atoms with Crippen LogP contribution in [0.1, 0.15) is 46.0 Å². The fourth-order valence-electron chi connectivity index (χ4n) is 2.04. The zero-order valence-electron chi connectivity index (χ0n) is 11.3. The van der Waals surface area contributed by atoms with E-state index in [0.29, 0.717) is 0 Å². The minimum absolute atomic E-state index is 0.176. The molecule has 1 aliphatic rings. The lowest BCUT2D eigenvalue weighted by Gasteiger charge is -2.12. The molecule has 1 unspecified atom stereocenters. The number of nitrogens with zero attached hydrogens (tertiary/aromatic N) is 1. The van der Waals surface area contributed by atoms with Gasteiger partial charge in [-0.15, -0.1) is 0 Å². The monoisotopic (exact) mass is 243 g/mol. The number of unbranched alkanes of at least 4 members (excludes halogenated alkanes) is 2. The molecule has 0 amide bonds. The molecule has 0 bridgehead atoms. The van der Waals surface area contributed by atoms with Crippen LogP contribution >= 0.6 is 0 Å². The molecule has 0 saturated carbocycles. The van der Waals surface area contributed by atoms with Gasteiger partial charge in [-0.2, -0.15) is 5.26 Å². The summed E-state index contributed by atoms with van der Waals surface area (Å²) in [5, 5.41) is 8.75. The maximum atomic E-state index is 11.6. The van der Waals surface area contributed by atoms with Gasteiger partial charge in [-0.05, 0) is 43.8 Å². The van der Waals surface area contributed by atoms with Crippen molar-refractivity contribution in [1.82, 2.24) is 0 Å². The van der Waals surface area contributed by atoms with E-state index in [1.54, 1.807) is 6.92 Å². The summed E-state index contributed by atoms with van der Waals surface area (Å²) in [5.41, 5.74) is 1.65. The lowest BCUT2D eigenvalue weighted by Crippen LogP contribution is -2.03. The van der Waals surface area contributed by atoms with Gasteiger partial charge in [-0.3, -0.25) is 4.79 Å². The number of Topliss-reactive ketones (excluding diaryl/α,β-unsaturated/α-hetero) is 1. The molecule has 0 heterocycles. The standard InChI is InChI=1S/C16H21NO/c1-3-4-5-6-16(13(2)18)11-14-7-9-15(12-17)10-8-14/h7,9-11,14H,3-6,8H2,1-2H3/b16-11+. The van der Waals surface area contributed by atoms with Crippen LogP contribution in [0.15, 0.2) is 35.5 Å². The second-order valence-corrected chi connectivity index (χ2v) is 4.74. The molecule has 18 heavy (non-hydrogen) atoms. The Labute approximate surface area is 110 Å².